The molecule has 0 aliphatic heterocycles. The van der Waals surface area contributed by atoms with Gasteiger partial charge in [-0.1, -0.05) is 41.4 Å². The number of halogens is 2. The van der Waals surface area contributed by atoms with E-state index in [2.05, 4.69) is 59.4 Å². The predicted octanol–water partition coefficient (Wildman–Crippen LogP) is 6.92. The molecule has 3 nitrogen and oxygen atoms in total. The van der Waals surface area contributed by atoms with Crippen LogP contribution < -0.4 is 14.8 Å². The number of aryl methyl sites for hydroxylation is 2. The van der Waals surface area contributed by atoms with Crippen molar-refractivity contribution in [2.24, 2.45) is 0 Å². The van der Waals surface area contributed by atoms with Gasteiger partial charge < -0.3 is 14.8 Å². The Morgan fingerprint density at radius 3 is 2.39 bits per heavy atom. The number of benzene rings is 3. The second-order valence-electron chi connectivity index (χ2n) is 6.70. The minimum atomic E-state index is 0.437. The van der Waals surface area contributed by atoms with E-state index in [4.69, 9.17) is 21.1 Å². The summed E-state index contributed by atoms with van der Waals surface area (Å²) in [6.45, 7) is 5.34. The molecule has 0 heterocycles. The molecule has 0 atom stereocenters. The minimum absolute atomic E-state index is 0.437. The lowest BCUT2D eigenvalue weighted by atomic mass is 10.1. The number of nitrogens with one attached hydrogen (secondary N) is 1. The van der Waals surface area contributed by atoms with Gasteiger partial charge in [0, 0.05) is 17.3 Å². The van der Waals surface area contributed by atoms with Crippen molar-refractivity contribution in [3.05, 3.63) is 86.3 Å². The van der Waals surface area contributed by atoms with Crippen LogP contribution in [0.1, 0.15) is 22.3 Å². The molecular formula is C23H23BrClNO2. The van der Waals surface area contributed by atoms with Crippen molar-refractivity contribution in [1.82, 2.24) is 0 Å². The molecule has 146 valence electrons. The molecule has 0 radical (unpaired) electrons. The Labute approximate surface area is 179 Å². The molecule has 0 unspecified atom stereocenters. The number of ether oxygens (including phenoxy) is 2. The quantitative estimate of drug-likeness (QED) is 0.415. The van der Waals surface area contributed by atoms with Crippen molar-refractivity contribution < 1.29 is 9.47 Å². The lowest BCUT2D eigenvalue weighted by Crippen LogP contribution is -2.03. The molecule has 0 spiro atoms. The molecule has 3 aromatic rings. The normalized spacial score (nSPS) is 10.6. The highest BCUT2D eigenvalue weighted by Crippen LogP contribution is 2.37. The lowest BCUT2D eigenvalue weighted by Gasteiger charge is -2.16. The van der Waals surface area contributed by atoms with E-state index >= 15 is 0 Å². The van der Waals surface area contributed by atoms with E-state index in [9.17, 15) is 0 Å². The van der Waals surface area contributed by atoms with Crippen molar-refractivity contribution in [3.8, 4) is 11.5 Å². The lowest BCUT2D eigenvalue weighted by molar-refractivity contribution is 0.282. The second-order valence-corrected chi connectivity index (χ2v) is 7.99. The Hall–Kier alpha value is -2.17. The Morgan fingerprint density at radius 2 is 1.71 bits per heavy atom. The average molecular weight is 461 g/mol. The molecule has 5 heteroatoms. The van der Waals surface area contributed by atoms with Crippen molar-refractivity contribution in [3.63, 3.8) is 0 Å². The van der Waals surface area contributed by atoms with Gasteiger partial charge in [-0.3, -0.25) is 0 Å². The molecule has 0 aliphatic rings. The number of rotatable bonds is 7. The maximum atomic E-state index is 6.00. The maximum absolute atomic E-state index is 6.00. The van der Waals surface area contributed by atoms with Crippen LogP contribution in [0.5, 0.6) is 11.5 Å². The van der Waals surface area contributed by atoms with Gasteiger partial charge in [-0.05, 0) is 76.8 Å². The van der Waals surface area contributed by atoms with Crippen LogP contribution in [0.4, 0.5) is 5.69 Å². The van der Waals surface area contributed by atoms with Crippen LogP contribution in [-0.4, -0.2) is 7.11 Å². The van der Waals surface area contributed by atoms with E-state index in [0.29, 0.717) is 29.7 Å². The largest absolute Gasteiger partial charge is 0.493 e. The summed E-state index contributed by atoms with van der Waals surface area (Å²) in [6, 6.07) is 18.1. The zero-order valence-corrected chi connectivity index (χ0v) is 18.5. The zero-order chi connectivity index (χ0) is 20.1. The molecule has 0 aliphatic carbocycles. The summed E-state index contributed by atoms with van der Waals surface area (Å²) >= 11 is 9.56. The summed E-state index contributed by atoms with van der Waals surface area (Å²) in [6.07, 6.45) is 0. The molecule has 1 N–H and O–H groups in total. The molecule has 0 fully saturated rings. The molecule has 0 saturated heterocycles. The van der Waals surface area contributed by atoms with E-state index in [1.165, 1.54) is 11.1 Å². The summed E-state index contributed by atoms with van der Waals surface area (Å²) in [4.78, 5) is 0. The van der Waals surface area contributed by atoms with Gasteiger partial charge in [0.1, 0.15) is 6.61 Å². The smallest absolute Gasteiger partial charge is 0.175 e. The average Bonchev–Trinajstić information content (AvgIpc) is 2.67. The maximum Gasteiger partial charge on any atom is 0.175 e. The fourth-order valence-electron chi connectivity index (χ4n) is 2.96. The van der Waals surface area contributed by atoms with E-state index in [1.54, 1.807) is 7.11 Å². The van der Waals surface area contributed by atoms with Crippen LogP contribution in [-0.2, 0) is 13.2 Å². The summed E-state index contributed by atoms with van der Waals surface area (Å²) in [5.74, 6) is 1.38. The highest BCUT2D eigenvalue weighted by Gasteiger charge is 2.12. The Balaban J connectivity index is 1.72. The topological polar surface area (TPSA) is 30.5 Å². The van der Waals surface area contributed by atoms with Crippen molar-refractivity contribution in [2.75, 3.05) is 12.4 Å². The number of hydrogen-bond donors (Lipinski definition) is 1. The summed E-state index contributed by atoms with van der Waals surface area (Å²) in [5, 5.41) is 4.20. The molecule has 0 saturated carbocycles. The van der Waals surface area contributed by atoms with Gasteiger partial charge in [-0.25, -0.2) is 0 Å². The van der Waals surface area contributed by atoms with Crippen LogP contribution in [0.15, 0.2) is 59.1 Å². The van der Waals surface area contributed by atoms with Crippen molar-refractivity contribution >= 4 is 33.2 Å². The summed E-state index contributed by atoms with van der Waals surface area (Å²) in [7, 11) is 1.65. The van der Waals surface area contributed by atoms with Crippen LogP contribution in [0.2, 0.25) is 5.02 Å². The van der Waals surface area contributed by atoms with E-state index < -0.39 is 0 Å². The molecule has 0 aromatic heterocycles. The van der Waals surface area contributed by atoms with Gasteiger partial charge in [0.25, 0.3) is 0 Å². The van der Waals surface area contributed by atoms with Crippen molar-refractivity contribution in [2.45, 2.75) is 27.0 Å². The number of anilines is 1. The first-order valence-electron chi connectivity index (χ1n) is 9.01. The van der Waals surface area contributed by atoms with Gasteiger partial charge >= 0.3 is 0 Å². The van der Waals surface area contributed by atoms with E-state index in [1.807, 2.05) is 30.3 Å². The first-order chi connectivity index (χ1) is 13.5. The molecule has 0 amide bonds. The van der Waals surface area contributed by atoms with Crippen molar-refractivity contribution in [1.29, 1.82) is 0 Å². The summed E-state index contributed by atoms with van der Waals surface area (Å²) < 4.78 is 12.4. The Kier molecular flexibility index (Phi) is 6.87. The fraction of sp³-hybridized carbons (Fsp3) is 0.217. The van der Waals surface area contributed by atoms with Crippen LogP contribution in [0.3, 0.4) is 0 Å². The van der Waals surface area contributed by atoms with Gasteiger partial charge in [-0.15, -0.1) is 0 Å². The molecule has 28 heavy (non-hydrogen) atoms. The highest BCUT2D eigenvalue weighted by atomic mass is 79.9. The van der Waals surface area contributed by atoms with E-state index in [-0.39, 0.29) is 0 Å². The minimum Gasteiger partial charge on any atom is -0.493 e. The first-order valence-corrected chi connectivity index (χ1v) is 10.2. The highest BCUT2D eigenvalue weighted by molar-refractivity contribution is 9.10. The SMILES string of the molecule is COc1cc(CNc2ccc(C)cc2C)cc(Br)c1OCc1ccc(Cl)cc1. The van der Waals surface area contributed by atoms with Gasteiger partial charge in [0.15, 0.2) is 11.5 Å². The predicted molar refractivity (Wildman–Crippen MR) is 120 cm³/mol. The van der Waals surface area contributed by atoms with E-state index in [0.717, 1.165) is 21.3 Å². The standard InChI is InChI=1S/C23H23BrClNO2/c1-15-4-9-21(16(2)10-15)26-13-18-11-20(24)23(22(12-18)27-3)28-14-17-5-7-19(25)8-6-17/h4-12,26H,13-14H2,1-3H3. The summed E-state index contributed by atoms with van der Waals surface area (Å²) in [5.41, 5.74) is 5.76. The number of methoxy groups -OCH3 is 1. The molecular weight excluding hydrogens is 438 g/mol. The second kappa shape index (κ2) is 9.35. The van der Waals surface area contributed by atoms with Gasteiger partial charge in [0.05, 0.1) is 11.6 Å². The Morgan fingerprint density at radius 1 is 0.964 bits per heavy atom. The zero-order valence-electron chi connectivity index (χ0n) is 16.2. The van der Waals surface area contributed by atoms with Gasteiger partial charge in [-0.2, -0.15) is 0 Å². The Bertz CT molecular complexity index is 958. The van der Waals surface area contributed by atoms with Crippen LogP contribution in [0.25, 0.3) is 0 Å². The van der Waals surface area contributed by atoms with Crippen LogP contribution in [0, 0.1) is 13.8 Å². The first kappa shape index (κ1) is 20.6. The molecule has 3 aromatic carbocycles. The van der Waals surface area contributed by atoms with Gasteiger partial charge in [0.2, 0.25) is 0 Å². The molecule has 0 bridgehead atoms. The molecule has 3 rings (SSSR count). The third-order valence-corrected chi connectivity index (χ3v) is 5.29. The third kappa shape index (κ3) is 5.21. The number of hydrogen-bond acceptors (Lipinski definition) is 3. The van der Waals surface area contributed by atoms with Crippen LogP contribution >= 0.6 is 27.5 Å². The fourth-order valence-corrected chi connectivity index (χ4v) is 3.69. The third-order valence-electron chi connectivity index (χ3n) is 4.45. The monoisotopic (exact) mass is 459 g/mol.